The van der Waals surface area contributed by atoms with E-state index < -0.39 is 0 Å². The molecule has 1 amide bonds. The minimum Gasteiger partial charge on any atom is -0.272 e. The highest BCUT2D eigenvalue weighted by atomic mass is 16.7. The molecule has 0 bridgehead atoms. The maximum atomic E-state index is 12.0. The van der Waals surface area contributed by atoms with Crippen molar-refractivity contribution in [3.63, 3.8) is 0 Å². The first-order chi connectivity index (χ1) is 7.86. The number of amides is 1. The lowest BCUT2D eigenvalue weighted by Crippen LogP contribution is -2.28. The molecule has 1 aliphatic carbocycles. The highest BCUT2D eigenvalue weighted by Crippen LogP contribution is 2.48. The van der Waals surface area contributed by atoms with Gasteiger partial charge >= 0.3 is 0 Å². The van der Waals surface area contributed by atoms with E-state index >= 15 is 0 Å². The van der Waals surface area contributed by atoms with E-state index in [0.29, 0.717) is 12.5 Å². The van der Waals surface area contributed by atoms with E-state index in [-0.39, 0.29) is 11.8 Å². The molecule has 1 saturated carbocycles. The predicted octanol–water partition coefficient (Wildman–Crippen LogP) is 1.35. The number of hydroxylamine groups is 2. The zero-order chi connectivity index (χ0) is 11.0. The van der Waals surface area contributed by atoms with Crippen LogP contribution in [-0.4, -0.2) is 29.1 Å². The van der Waals surface area contributed by atoms with Gasteiger partial charge in [-0.25, -0.2) is 5.06 Å². The fourth-order valence-corrected chi connectivity index (χ4v) is 2.24. The van der Waals surface area contributed by atoms with Gasteiger partial charge in [-0.2, -0.15) is 0 Å². The smallest absolute Gasteiger partial charge is 0.249 e. The van der Waals surface area contributed by atoms with Crippen molar-refractivity contribution in [1.82, 2.24) is 10.0 Å². The Bertz CT molecular complexity index is 387. The van der Waals surface area contributed by atoms with Crippen molar-refractivity contribution in [2.75, 3.05) is 13.2 Å². The van der Waals surface area contributed by atoms with Crippen LogP contribution in [0.2, 0.25) is 0 Å². The molecule has 4 heteroatoms. The summed E-state index contributed by atoms with van der Waals surface area (Å²) < 4.78 is 0. The molecule has 1 aromatic heterocycles. The van der Waals surface area contributed by atoms with Crippen molar-refractivity contribution in [3.05, 3.63) is 30.1 Å². The van der Waals surface area contributed by atoms with E-state index in [1.54, 1.807) is 6.20 Å². The summed E-state index contributed by atoms with van der Waals surface area (Å²) >= 11 is 0. The van der Waals surface area contributed by atoms with Crippen molar-refractivity contribution in [2.24, 2.45) is 5.92 Å². The largest absolute Gasteiger partial charge is 0.272 e. The molecular weight excluding hydrogens is 204 g/mol. The molecule has 0 spiro atoms. The monoisotopic (exact) mass is 218 g/mol. The molecule has 1 aromatic rings. The molecule has 2 aliphatic rings. The lowest BCUT2D eigenvalue weighted by molar-refractivity contribution is -0.170. The Balaban J connectivity index is 1.65. The number of hydrogen-bond donors (Lipinski definition) is 0. The highest BCUT2D eigenvalue weighted by molar-refractivity contribution is 5.82. The minimum atomic E-state index is 0.113. The van der Waals surface area contributed by atoms with Crippen LogP contribution in [-0.2, 0) is 9.63 Å². The average Bonchev–Trinajstić information content (AvgIpc) is 2.95. The maximum absolute atomic E-state index is 12.0. The van der Waals surface area contributed by atoms with Crippen LogP contribution in [0.1, 0.15) is 24.3 Å². The second-order valence-electron chi connectivity index (χ2n) is 4.36. The van der Waals surface area contributed by atoms with Gasteiger partial charge < -0.3 is 0 Å². The normalized spacial score (nSPS) is 28.1. The summed E-state index contributed by atoms with van der Waals surface area (Å²) in [5.74, 6) is 0.610. The van der Waals surface area contributed by atoms with Gasteiger partial charge in [0.1, 0.15) is 0 Å². The summed E-state index contributed by atoms with van der Waals surface area (Å²) in [6, 6.07) is 3.96. The summed E-state index contributed by atoms with van der Waals surface area (Å²) in [5.41, 5.74) is 1.17. The summed E-state index contributed by atoms with van der Waals surface area (Å²) in [6.45, 7) is 1.42. The van der Waals surface area contributed by atoms with Gasteiger partial charge in [-0.3, -0.25) is 14.6 Å². The first-order valence-electron chi connectivity index (χ1n) is 5.70. The van der Waals surface area contributed by atoms with Gasteiger partial charge in [-0.05, 0) is 30.4 Å². The van der Waals surface area contributed by atoms with Crippen LogP contribution in [0.5, 0.6) is 0 Å². The predicted molar refractivity (Wildman–Crippen MR) is 57.4 cm³/mol. The molecule has 1 saturated heterocycles. The van der Waals surface area contributed by atoms with Crippen LogP contribution in [0.3, 0.4) is 0 Å². The Labute approximate surface area is 94.2 Å². The van der Waals surface area contributed by atoms with E-state index in [9.17, 15) is 4.79 Å². The van der Waals surface area contributed by atoms with Gasteiger partial charge in [-0.15, -0.1) is 0 Å². The van der Waals surface area contributed by atoms with Gasteiger partial charge in [-0.1, -0.05) is 6.07 Å². The van der Waals surface area contributed by atoms with E-state index in [1.165, 1.54) is 10.6 Å². The Hall–Kier alpha value is -1.42. The molecule has 4 nitrogen and oxygen atoms in total. The molecule has 2 heterocycles. The fourth-order valence-electron chi connectivity index (χ4n) is 2.24. The van der Waals surface area contributed by atoms with Crippen LogP contribution < -0.4 is 0 Å². The summed E-state index contributed by atoms with van der Waals surface area (Å²) in [5, 5.41) is 1.53. The SMILES string of the molecule is O=C([C@@H]1C[C@@H]1c1cccnc1)N1CCCO1. The van der Waals surface area contributed by atoms with Gasteiger partial charge in [0.25, 0.3) is 0 Å². The van der Waals surface area contributed by atoms with E-state index in [1.807, 2.05) is 18.3 Å². The summed E-state index contributed by atoms with van der Waals surface area (Å²) in [7, 11) is 0. The third-order valence-electron chi connectivity index (χ3n) is 3.22. The van der Waals surface area contributed by atoms with Crippen molar-refractivity contribution in [2.45, 2.75) is 18.8 Å². The number of aromatic nitrogens is 1. The third kappa shape index (κ3) is 1.69. The van der Waals surface area contributed by atoms with Crippen molar-refractivity contribution >= 4 is 5.91 Å². The number of rotatable bonds is 2. The molecule has 0 unspecified atom stereocenters. The lowest BCUT2D eigenvalue weighted by Gasteiger charge is -2.13. The molecule has 0 radical (unpaired) electrons. The zero-order valence-corrected chi connectivity index (χ0v) is 9.00. The van der Waals surface area contributed by atoms with Gasteiger partial charge in [0, 0.05) is 18.3 Å². The Kier molecular flexibility index (Phi) is 2.36. The maximum Gasteiger partial charge on any atom is 0.249 e. The average molecular weight is 218 g/mol. The van der Waals surface area contributed by atoms with Crippen LogP contribution in [0.15, 0.2) is 24.5 Å². The third-order valence-corrected chi connectivity index (χ3v) is 3.22. The molecule has 0 N–H and O–H groups in total. The lowest BCUT2D eigenvalue weighted by atomic mass is 10.1. The van der Waals surface area contributed by atoms with E-state index in [0.717, 1.165) is 19.4 Å². The number of carbonyl (C=O) groups is 1. The topological polar surface area (TPSA) is 42.4 Å². The van der Waals surface area contributed by atoms with Crippen LogP contribution in [0, 0.1) is 5.92 Å². The molecule has 84 valence electrons. The minimum absolute atomic E-state index is 0.113. The molecule has 16 heavy (non-hydrogen) atoms. The van der Waals surface area contributed by atoms with Crippen molar-refractivity contribution < 1.29 is 9.63 Å². The molecule has 3 rings (SSSR count). The second kappa shape index (κ2) is 3.87. The summed E-state index contributed by atoms with van der Waals surface area (Å²) in [6.07, 6.45) is 5.50. The van der Waals surface area contributed by atoms with Gasteiger partial charge in [0.05, 0.1) is 13.2 Å². The Morgan fingerprint density at radius 2 is 2.50 bits per heavy atom. The van der Waals surface area contributed by atoms with E-state index in [2.05, 4.69) is 4.98 Å². The van der Waals surface area contributed by atoms with Crippen LogP contribution >= 0.6 is 0 Å². The zero-order valence-electron chi connectivity index (χ0n) is 9.00. The van der Waals surface area contributed by atoms with Crippen molar-refractivity contribution in [3.8, 4) is 0 Å². The quantitative estimate of drug-likeness (QED) is 0.752. The Morgan fingerprint density at radius 3 is 3.19 bits per heavy atom. The first kappa shape index (κ1) is 9.78. The highest BCUT2D eigenvalue weighted by Gasteiger charge is 2.46. The number of nitrogens with zero attached hydrogens (tertiary/aromatic N) is 2. The molecule has 0 aromatic carbocycles. The number of pyridine rings is 1. The van der Waals surface area contributed by atoms with Gasteiger partial charge in [0.15, 0.2) is 0 Å². The van der Waals surface area contributed by atoms with Crippen LogP contribution in [0.25, 0.3) is 0 Å². The fraction of sp³-hybridized carbons (Fsp3) is 0.500. The standard InChI is InChI=1S/C12H14N2O2/c15-12(14-5-2-6-16-14)11-7-10(11)9-3-1-4-13-8-9/h1,3-4,8,10-11H,2,5-7H2/t10-,11-/m1/s1. The van der Waals surface area contributed by atoms with Crippen molar-refractivity contribution in [1.29, 1.82) is 0 Å². The molecule has 1 aliphatic heterocycles. The van der Waals surface area contributed by atoms with Crippen LogP contribution in [0.4, 0.5) is 0 Å². The Morgan fingerprint density at radius 1 is 1.56 bits per heavy atom. The molecular formula is C12H14N2O2. The second-order valence-corrected chi connectivity index (χ2v) is 4.36. The molecule has 2 atom stereocenters. The molecule has 2 fully saturated rings. The first-order valence-corrected chi connectivity index (χ1v) is 5.70. The van der Waals surface area contributed by atoms with Gasteiger partial charge in [0.2, 0.25) is 5.91 Å². The number of carbonyl (C=O) groups excluding carboxylic acids is 1. The number of hydrogen-bond acceptors (Lipinski definition) is 3. The summed E-state index contributed by atoms with van der Waals surface area (Å²) in [4.78, 5) is 21.3. The van der Waals surface area contributed by atoms with E-state index in [4.69, 9.17) is 4.84 Å².